The van der Waals surface area contributed by atoms with Crippen molar-refractivity contribution in [2.45, 2.75) is 6.54 Å². The summed E-state index contributed by atoms with van der Waals surface area (Å²) in [5, 5.41) is 6.77. The zero-order valence-corrected chi connectivity index (χ0v) is 13.9. The molecule has 0 radical (unpaired) electrons. The van der Waals surface area contributed by atoms with Crippen LogP contribution in [0, 0.1) is 0 Å². The van der Waals surface area contributed by atoms with E-state index in [-0.39, 0.29) is 0 Å². The number of benzene rings is 1. The maximum Gasteiger partial charge on any atom is 0.205 e. The van der Waals surface area contributed by atoms with Crippen molar-refractivity contribution in [2.75, 3.05) is 35.8 Å². The van der Waals surface area contributed by atoms with Crippen molar-refractivity contribution in [1.82, 2.24) is 9.88 Å². The Balaban J connectivity index is 1.65. The minimum Gasteiger partial charge on any atom is -0.383 e. The van der Waals surface area contributed by atoms with E-state index in [1.807, 2.05) is 24.0 Å². The van der Waals surface area contributed by atoms with Crippen molar-refractivity contribution >= 4 is 40.3 Å². The number of nitrogen functional groups attached to an aromatic ring is 1. The first kappa shape index (κ1) is 15.3. The highest BCUT2D eigenvalue weighted by molar-refractivity contribution is 7.99. The van der Waals surface area contributed by atoms with Crippen LogP contribution in [0.5, 0.6) is 0 Å². The summed E-state index contributed by atoms with van der Waals surface area (Å²) >= 11 is 3.48. The molecular weight excluding hydrogens is 314 g/mol. The Labute approximate surface area is 138 Å². The van der Waals surface area contributed by atoms with Crippen LogP contribution in [-0.4, -0.2) is 40.7 Å². The lowest BCUT2D eigenvalue weighted by atomic mass is 10.1. The first-order valence-corrected chi connectivity index (χ1v) is 9.23. The highest BCUT2D eigenvalue weighted by atomic mass is 32.2. The normalized spacial score (nSPS) is 16.2. The Morgan fingerprint density at radius 3 is 2.91 bits per heavy atom. The molecule has 0 atom stereocenters. The molecule has 0 amide bonds. The molecule has 1 aromatic heterocycles. The van der Waals surface area contributed by atoms with Gasteiger partial charge < -0.3 is 5.73 Å². The van der Waals surface area contributed by atoms with Gasteiger partial charge in [-0.25, -0.2) is 4.98 Å². The third-order valence-corrected chi connectivity index (χ3v) is 5.15. The van der Waals surface area contributed by atoms with E-state index < -0.39 is 0 Å². The summed E-state index contributed by atoms with van der Waals surface area (Å²) in [4.78, 5) is 6.62. The van der Waals surface area contributed by atoms with Crippen LogP contribution in [0.4, 0.5) is 10.9 Å². The molecule has 0 bridgehead atoms. The third kappa shape index (κ3) is 4.22. The highest BCUT2D eigenvalue weighted by Crippen LogP contribution is 2.17. The Kier molecular flexibility index (Phi) is 5.31. The second kappa shape index (κ2) is 7.62. The lowest BCUT2D eigenvalue weighted by molar-refractivity contribution is 0.294. The third-order valence-electron chi connectivity index (χ3n) is 3.44. The maximum atomic E-state index is 5.59. The van der Waals surface area contributed by atoms with Crippen molar-refractivity contribution in [1.29, 1.82) is 0 Å². The first-order chi connectivity index (χ1) is 10.8. The summed E-state index contributed by atoms with van der Waals surface area (Å²) < 4.78 is 0. The summed E-state index contributed by atoms with van der Waals surface area (Å²) in [6.45, 7) is 3.30. The Bertz CT molecular complexity index is 634. The second-order valence-corrected chi connectivity index (χ2v) is 7.12. The van der Waals surface area contributed by atoms with Crippen molar-refractivity contribution in [2.24, 2.45) is 5.10 Å². The minimum absolute atomic E-state index is 0.520. The van der Waals surface area contributed by atoms with Crippen molar-refractivity contribution < 1.29 is 0 Å². The first-order valence-electron chi connectivity index (χ1n) is 7.19. The SMILES string of the molecule is Nc1csc(NN=Cc2ccccc2CN2CCSCC2)n1. The van der Waals surface area contributed by atoms with E-state index in [1.54, 1.807) is 5.38 Å². The number of nitrogens with one attached hydrogen (secondary N) is 1. The molecule has 0 unspecified atom stereocenters. The molecule has 0 aliphatic carbocycles. The summed E-state index contributed by atoms with van der Waals surface area (Å²) in [5.41, 5.74) is 11.0. The molecule has 7 heteroatoms. The largest absolute Gasteiger partial charge is 0.383 e. The summed E-state index contributed by atoms with van der Waals surface area (Å²) in [7, 11) is 0. The number of hydrogen-bond donors (Lipinski definition) is 2. The van der Waals surface area contributed by atoms with Crippen LogP contribution in [0.1, 0.15) is 11.1 Å². The van der Waals surface area contributed by atoms with Gasteiger partial charge >= 0.3 is 0 Å². The lowest BCUT2D eigenvalue weighted by Gasteiger charge is -2.26. The van der Waals surface area contributed by atoms with E-state index in [0.717, 1.165) is 25.2 Å². The minimum atomic E-state index is 0.520. The van der Waals surface area contributed by atoms with E-state index in [9.17, 15) is 0 Å². The van der Waals surface area contributed by atoms with Crippen molar-refractivity contribution in [3.05, 3.63) is 40.8 Å². The number of anilines is 2. The van der Waals surface area contributed by atoms with Gasteiger partial charge in [0.1, 0.15) is 5.82 Å². The van der Waals surface area contributed by atoms with Crippen LogP contribution < -0.4 is 11.2 Å². The Morgan fingerprint density at radius 2 is 2.14 bits per heavy atom. The predicted molar refractivity (Wildman–Crippen MR) is 96.8 cm³/mol. The summed E-state index contributed by atoms with van der Waals surface area (Å²) in [5.74, 6) is 2.97. The summed E-state index contributed by atoms with van der Waals surface area (Å²) in [6, 6.07) is 8.39. The molecule has 5 nitrogen and oxygen atoms in total. The average Bonchev–Trinajstić information content (AvgIpc) is 2.95. The Morgan fingerprint density at radius 1 is 1.32 bits per heavy atom. The zero-order valence-electron chi connectivity index (χ0n) is 12.2. The topological polar surface area (TPSA) is 66.5 Å². The van der Waals surface area contributed by atoms with Crippen LogP contribution in [-0.2, 0) is 6.54 Å². The van der Waals surface area contributed by atoms with E-state index >= 15 is 0 Å². The Hall–Kier alpha value is -1.57. The van der Waals surface area contributed by atoms with Gasteiger partial charge in [0.25, 0.3) is 0 Å². The van der Waals surface area contributed by atoms with E-state index in [4.69, 9.17) is 5.73 Å². The van der Waals surface area contributed by atoms with Gasteiger partial charge in [0.05, 0.1) is 6.21 Å². The van der Waals surface area contributed by atoms with Crippen molar-refractivity contribution in [3.63, 3.8) is 0 Å². The highest BCUT2D eigenvalue weighted by Gasteiger charge is 2.11. The maximum absolute atomic E-state index is 5.59. The molecular formula is C15H19N5S2. The fourth-order valence-electron chi connectivity index (χ4n) is 2.30. The zero-order chi connectivity index (χ0) is 15.2. The van der Waals surface area contributed by atoms with Gasteiger partial charge in [-0.05, 0) is 11.1 Å². The van der Waals surface area contributed by atoms with E-state index in [1.165, 1.54) is 28.4 Å². The number of hydrazone groups is 1. The van der Waals surface area contributed by atoms with Gasteiger partial charge in [-0.1, -0.05) is 24.3 Å². The van der Waals surface area contributed by atoms with Gasteiger partial charge in [-0.2, -0.15) is 16.9 Å². The summed E-state index contributed by atoms with van der Waals surface area (Å²) in [6.07, 6.45) is 1.85. The van der Waals surface area contributed by atoms with Crippen LogP contribution in [0.3, 0.4) is 0 Å². The fourth-order valence-corrected chi connectivity index (χ4v) is 3.83. The molecule has 116 valence electrons. The van der Waals surface area contributed by atoms with Crippen molar-refractivity contribution in [3.8, 4) is 0 Å². The molecule has 22 heavy (non-hydrogen) atoms. The second-order valence-electron chi connectivity index (χ2n) is 5.03. The molecule has 1 aliphatic rings. The van der Waals surface area contributed by atoms with E-state index in [2.05, 4.69) is 38.6 Å². The van der Waals surface area contributed by atoms with Gasteiger partial charge in [-0.15, -0.1) is 11.3 Å². The number of thioether (sulfide) groups is 1. The van der Waals surface area contributed by atoms with Gasteiger partial charge in [-0.3, -0.25) is 10.3 Å². The molecule has 1 aromatic carbocycles. The van der Waals surface area contributed by atoms with Crippen LogP contribution in [0.15, 0.2) is 34.7 Å². The number of nitrogens with zero attached hydrogens (tertiary/aromatic N) is 3. The predicted octanol–water partition coefficient (Wildman–Crippen LogP) is 2.72. The van der Waals surface area contributed by atoms with E-state index in [0.29, 0.717) is 10.9 Å². The molecule has 0 saturated carbocycles. The van der Waals surface area contributed by atoms with Crippen LogP contribution in [0.25, 0.3) is 0 Å². The number of nitrogens with two attached hydrogens (primary N) is 1. The smallest absolute Gasteiger partial charge is 0.205 e. The molecule has 2 heterocycles. The number of thiazole rings is 1. The standard InChI is InChI=1S/C15H19N5S2/c16-14-11-22-15(18-14)19-17-9-12-3-1-2-4-13(12)10-20-5-7-21-8-6-20/h1-4,9,11H,5-8,10,16H2,(H,18,19). The van der Waals surface area contributed by atoms with Crippen LogP contribution in [0.2, 0.25) is 0 Å². The number of aromatic nitrogens is 1. The monoisotopic (exact) mass is 333 g/mol. The quantitative estimate of drug-likeness (QED) is 0.650. The lowest BCUT2D eigenvalue weighted by Crippen LogP contribution is -2.32. The number of hydrogen-bond acceptors (Lipinski definition) is 7. The molecule has 0 spiro atoms. The number of rotatable bonds is 5. The molecule has 1 aliphatic heterocycles. The average molecular weight is 333 g/mol. The molecule has 3 rings (SSSR count). The van der Waals surface area contributed by atoms with Crippen LogP contribution >= 0.6 is 23.1 Å². The van der Waals surface area contributed by atoms with Gasteiger partial charge in [0, 0.05) is 36.5 Å². The molecule has 2 aromatic rings. The fraction of sp³-hybridized carbons (Fsp3) is 0.333. The van der Waals surface area contributed by atoms with Gasteiger partial charge in [0.15, 0.2) is 0 Å². The molecule has 3 N–H and O–H groups in total. The molecule has 1 saturated heterocycles. The van der Waals surface area contributed by atoms with Gasteiger partial charge in [0.2, 0.25) is 5.13 Å². The molecule has 1 fully saturated rings.